The SMILES string of the molecule is O=C(CCl)c1ccc(OCCCN2CCCCC2)cc1. The lowest BCUT2D eigenvalue weighted by molar-refractivity contribution is 0.102. The van der Waals surface area contributed by atoms with Crippen LogP contribution in [0.25, 0.3) is 0 Å². The third-order valence-electron chi connectivity index (χ3n) is 3.63. The average molecular weight is 296 g/mol. The third-order valence-corrected chi connectivity index (χ3v) is 3.88. The zero-order chi connectivity index (χ0) is 14.2. The number of hydrogen-bond acceptors (Lipinski definition) is 3. The summed E-state index contributed by atoms with van der Waals surface area (Å²) < 4.78 is 5.69. The summed E-state index contributed by atoms with van der Waals surface area (Å²) in [5, 5.41) is 0. The number of rotatable bonds is 7. The molecule has 0 spiro atoms. The zero-order valence-corrected chi connectivity index (χ0v) is 12.6. The number of alkyl halides is 1. The highest BCUT2D eigenvalue weighted by molar-refractivity contribution is 6.30. The molecule has 3 nitrogen and oxygen atoms in total. The maximum atomic E-state index is 11.4. The summed E-state index contributed by atoms with van der Waals surface area (Å²) in [6.07, 6.45) is 5.08. The van der Waals surface area contributed by atoms with E-state index in [2.05, 4.69) is 4.90 Å². The number of hydrogen-bond donors (Lipinski definition) is 0. The zero-order valence-electron chi connectivity index (χ0n) is 11.8. The second-order valence-electron chi connectivity index (χ2n) is 5.19. The minimum atomic E-state index is -0.0525. The number of carbonyl (C=O) groups is 1. The fraction of sp³-hybridized carbons (Fsp3) is 0.562. The van der Waals surface area contributed by atoms with Crippen molar-refractivity contribution in [1.82, 2.24) is 4.90 Å². The van der Waals surface area contributed by atoms with Crippen LogP contribution < -0.4 is 4.74 Å². The molecule has 1 fully saturated rings. The normalized spacial score (nSPS) is 16.1. The predicted octanol–water partition coefficient (Wildman–Crippen LogP) is 3.36. The first kappa shape index (κ1) is 15.3. The van der Waals surface area contributed by atoms with Crippen molar-refractivity contribution >= 4 is 17.4 Å². The summed E-state index contributed by atoms with van der Waals surface area (Å²) in [6, 6.07) is 7.21. The van der Waals surface area contributed by atoms with E-state index in [1.807, 2.05) is 12.1 Å². The Morgan fingerprint density at radius 3 is 2.50 bits per heavy atom. The first-order chi connectivity index (χ1) is 9.79. The van der Waals surface area contributed by atoms with Crippen molar-refractivity contribution in [2.24, 2.45) is 0 Å². The maximum Gasteiger partial charge on any atom is 0.177 e. The molecule has 0 aliphatic carbocycles. The largest absolute Gasteiger partial charge is 0.494 e. The van der Waals surface area contributed by atoms with Crippen LogP contribution in [-0.4, -0.2) is 42.8 Å². The summed E-state index contributed by atoms with van der Waals surface area (Å²) in [6.45, 7) is 4.30. The minimum Gasteiger partial charge on any atom is -0.494 e. The first-order valence-electron chi connectivity index (χ1n) is 7.34. The van der Waals surface area contributed by atoms with Crippen molar-refractivity contribution in [3.05, 3.63) is 29.8 Å². The van der Waals surface area contributed by atoms with Gasteiger partial charge in [0, 0.05) is 12.1 Å². The van der Waals surface area contributed by atoms with Crippen LogP contribution in [0.4, 0.5) is 0 Å². The fourth-order valence-electron chi connectivity index (χ4n) is 2.48. The number of piperidine rings is 1. The van der Waals surface area contributed by atoms with Gasteiger partial charge in [0.05, 0.1) is 12.5 Å². The van der Waals surface area contributed by atoms with E-state index in [9.17, 15) is 4.79 Å². The fourth-order valence-corrected chi connectivity index (χ4v) is 2.63. The van der Waals surface area contributed by atoms with Gasteiger partial charge in [0.15, 0.2) is 5.78 Å². The smallest absolute Gasteiger partial charge is 0.177 e. The molecule has 0 unspecified atom stereocenters. The molecule has 0 amide bonds. The second kappa shape index (κ2) is 8.28. The molecule has 2 rings (SSSR count). The molecular formula is C16H22ClNO2. The van der Waals surface area contributed by atoms with Crippen LogP contribution in [-0.2, 0) is 0 Å². The van der Waals surface area contributed by atoms with Crippen LogP contribution in [0.2, 0.25) is 0 Å². The molecule has 20 heavy (non-hydrogen) atoms. The van der Waals surface area contributed by atoms with Crippen LogP contribution in [0, 0.1) is 0 Å². The molecule has 1 aromatic carbocycles. The number of likely N-dealkylation sites (tertiary alicyclic amines) is 1. The van der Waals surface area contributed by atoms with Gasteiger partial charge in [-0.25, -0.2) is 0 Å². The molecule has 0 saturated carbocycles. The van der Waals surface area contributed by atoms with E-state index in [0.29, 0.717) is 5.56 Å². The molecule has 4 heteroatoms. The minimum absolute atomic E-state index is 0.0238. The van der Waals surface area contributed by atoms with Gasteiger partial charge in [-0.2, -0.15) is 0 Å². The van der Waals surface area contributed by atoms with E-state index in [4.69, 9.17) is 16.3 Å². The van der Waals surface area contributed by atoms with E-state index in [1.165, 1.54) is 32.4 Å². The molecule has 0 N–H and O–H groups in total. The lowest BCUT2D eigenvalue weighted by Crippen LogP contribution is -2.31. The molecule has 1 aliphatic heterocycles. The van der Waals surface area contributed by atoms with E-state index in [1.54, 1.807) is 12.1 Å². The Labute approximate surface area is 125 Å². The quantitative estimate of drug-likeness (QED) is 0.439. The van der Waals surface area contributed by atoms with Gasteiger partial charge in [-0.15, -0.1) is 11.6 Å². The van der Waals surface area contributed by atoms with Gasteiger partial charge < -0.3 is 9.64 Å². The Morgan fingerprint density at radius 2 is 1.85 bits per heavy atom. The number of ketones is 1. The number of nitrogens with zero attached hydrogens (tertiary/aromatic N) is 1. The average Bonchev–Trinajstić information content (AvgIpc) is 2.52. The van der Waals surface area contributed by atoms with Crippen LogP contribution in [0.1, 0.15) is 36.0 Å². The van der Waals surface area contributed by atoms with Gasteiger partial charge in [0.1, 0.15) is 5.75 Å². The van der Waals surface area contributed by atoms with E-state index >= 15 is 0 Å². The van der Waals surface area contributed by atoms with Crippen molar-refractivity contribution < 1.29 is 9.53 Å². The molecule has 0 atom stereocenters. The van der Waals surface area contributed by atoms with Gasteiger partial charge in [0.25, 0.3) is 0 Å². The molecule has 1 aliphatic rings. The van der Waals surface area contributed by atoms with Crippen LogP contribution in [0.3, 0.4) is 0 Å². The standard InChI is InChI=1S/C16H22ClNO2/c17-13-16(19)14-5-7-15(8-6-14)20-12-4-11-18-9-2-1-3-10-18/h5-8H,1-4,9-13H2. The topological polar surface area (TPSA) is 29.5 Å². The van der Waals surface area contributed by atoms with E-state index in [0.717, 1.165) is 25.3 Å². The summed E-state index contributed by atoms with van der Waals surface area (Å²) in [7, 11) is 0. The second-order valence-corrected chi connectivity index (χ2v) is 5.45. The van der Waals surface area contributed by atoms with E-state index in [-0.39, 0.29) is 11.7 Å². The highest BCUT2D eigenvalue weighted by atomic mass is 35.5. The van der Waals surface area contributed by atoms with Crippen molar-refractivity contribution in [3.8, 4) is 5.75 Å². The maximum absolute atomic E-state index is 11.4. The Bertz CT molecular complexity index is 413. The van der Waals surface area contributed by atoms with Crippen molar-refractivity contribution in [2.45, 2.75) is 25.7 Å². The van der Waals surface area contributed by atoms with Gasteiger partial charge in [0.2, 0.25) is 0 Å². The van der Waals surface area contributed by atoms with Gasteiger partial charge >= 0.3 is 0 Å². The van der Waals surface area contributed by atoms with E-state index < -0.39 is 0 Å². The third kappa shape index (κ3) is 4.80. The van der Waals surface area contributed by atoms with Crippen LogP contribution in [0.5, 0.6) is 5.75 Å². The molecule has 1 heterocycles. The van der Waals surface area contributed by atoms with Crippen molar-refractivity contribution in [1.29, 1.82) is 0 Å². The van der Waals surface area contributed by atoms with Crippen molar-refractivity contribution in [3.63, 3.8) is 0 Å². The Hall–Kier alpha value is -1.06. The van der Waals surface area contributed by atoms with Gasteiger partial charge in [-0.05, 0) is 56.6 Å². The molecule has 1 aromatic rings. The molecule has 0 aromatic heterocycles. The highest BCUT2D eigenvalue weighted by Crippen LogP contribution is 2.14. The summed E-state index contributed by atoms with van der Waals surface area (Å²) >= 11 is 5.52. The Balaban J connectivity index is 1.67. The summed E-state index contributed by atoms with van der Waals surface area (Å²) in [4.78, 5) is 13.9. The Kier molecular flexibility index (Phi) is 6.34. The number of ether oxygens (including phenoxy) is 1. The molecule has 110 valence electrons. The lowest BCUT2D eigenvalue weighted by atomic mass is 10.1. The van der Waals surface area contributed by atoms with Gasteiger partial charge in [-0.3, -0.25) is 4.79 Å². The molecule has 0 bridgehead atoms. The molecule has 1 saturated heterocycles. The number of halogens is 1. The van der Waals surface area contributed by atoms with Crippen LogP contribution in [0.15, 0.2) is 24.3 Å². The predicted molar refractivity (Wildman–Crippen MR) is 81.9 cm³/mol. The molecular weight excluding hydrogens is 274 g/mol. The summed E-state index contributed by atoms with van der Waals surface area (Å²) in [5.41, 5.74) is 0.640. The number of carbonyl (C=O) groups excluding carboxylic acids is 1. The van der Waals surface area contributed by atoms with Gasteiger partial charge in [-0.1, -0.05) is 6.42 Å². The number of Topliss-reactive ketones (excluding diaryl/α,β-unsaturated/α-hetero) is 1. The Morgan fingerprint density at radius 1 is 1.15 bits per heavy atom. The van der Waals surface area contributed by atoms with Crippen LogP contribution >= 0.6 is 11.6 Å². The monoisotopic (exact) mass is 295 g/mol. The lowest BCUT2D eigenvalue weighted by Gasteiger charge is -2.26. The highest BCUT2D eigenvalue weighted by Gasteiger charge is 2.09. The molecule has 0 radical (unpaired) electrons. The first-order valence-corrected chi connectivity index (χ1v) is 7.87. The summed E-state index contributed by atoms with van der Waals surface area (Å²) in [5.74, 6) is 0.786. The van der Waals surface area contributed by atoms with Crippen molar-refractivity contribution in [2.75, 3.05) is 32.1 Å². The number of benzene rings is 1.